The van der Waals surface area contributed by atoms with Gasteiger partial charge in [-0.2, -0.15) is 0 Å². The second-order valence-corrected chi connectivity index (χ2v) is 9.33. The Kier molecular flexibility index (Phi) is 13.5. The van der Waals surface area contributed by atoms with E-state index in [1.54, 1.807) is 12.1 Å². The molecule has 2 aromatic rings. The molecule has 0 spiro atoms. The molecule has 32 heavy (non-hydrogen) atoms. The second kappa shape index (κ2) is 14.6. The first-order valence-electron chi connectivity index (χ1n) is 11.3. The maximum Gasteiger partial charge on any atom is 0.196 e. The highest BCUT2D eigenvalue weighted by Gasteiger charge is 2.13. The molecule has 0 saturated carbocycles. The Bertz CT molecular complexity index is 735. The summed E-state index contributed by atoms with van der Waals surface area (Å²) < 4.78 is 15.5. The summed E-state index contributed by atoms with van der Waals surface area (Å²) in [5.41, 5.74) is 2.91. The summed E-state index contributed by atoms with van der Waals surface area (Å²) in [5.74, 6) is 1.19. The fourth-order valence-corrected chi connectivity index (χ4v) is 2.57. The molecule has 1 unspecified atom stereocenters. The molecule has 4 nitrogen and oxygen atoms in total. The zero-order chi connectivity index (χ0) is 24.8. The van der Waals surface area contributed by atoms with Crippen LogP contribution in [0.1, 0.15) is 73.4 Å². The van der Waals surface area contributed by atoms with Crippen molar-refractivity contribution in [3.05, 3.63) is 72.5 Å². The van der Waals surface area contributed by atoms with Crippen LogP contribution in [0, 0.1) is 0 Å². The van der Waals surface area contributed by atoms with E-state index >= 15 is 0 Å². The van der Waals surface area contributed by atoms with Crippen LogP contribution in [-0.2, 0) is 20.3 Å². The van der Waals surface area contributed by atoms with E-state index < -0.39 is 0 Å². The Labute approximate surface area is 196 Å². The van der Waals surface area contributed by atoms with Crippen molar-refractivity contribution in [2.75, 3.05) is 13.2 Å². The first-order valence-corrected chi connectivity index (χ1v) is 11.3. The molecule has 0 aliphatic carbocycles. The summed E-state index contributed by atoms with van der Waals surface area (Å²) in [6.07, 6.45) is 1.24. The van der Waals surface area contributed by atoms with Crippen LogP contribution in [0.2, 0.25) is 0 Å². The third kappa shape index (κ3) is 13.1. The predicted molar refractivity (Wildman–Crippen MR) is 135 cm³/mol. The Balaban J connectivity index is 0.000000518. The highest BCUT2D eigenvalue weighted by atomic mass is 16.7. The Morgan fingerprint density at radius 2 is 1.25 bits per heavy atom. The fourth-order valence-electron chi connectivity index (χ4n) is 2.57. The van der Waals surface area contributed by atoms with Crippen molar-refractivity contribution in [2.45, 2.75) is 79.4 Å². The minimum Gasteiger partial charge on any atom is -0.508 e. The van der Waals surface area contributed by atoms with Crippen LogP contribution in [0.25, 0.3) is 0 Å². The molecule has 0 heterocycles. The summed E-state index contributed by atoms with van der Waals surface area (Å²) in [5, 5.41) is 9.02. The highest BCUT2D eigenvalue weighted by molar-refractivity contribution is 5.31. The first-order chi connectivity index (χ1) is 14.8. The van der Waals surface area contributed by atoms with Crippen molar-refractivity contribution in [1.82, 2.24) is 0 Å². The summed E-state index contributed by atoms with van der Waals surface area (Å²) in [6.45, 7) is 23.6. The molecule has 4 heteroatoms. The molecular weight excluding hydrogens is 400 g/mol. The van der Waals surface area contributed by atoms with E-state index in [9.17, 15) is 0 Å². The zero-order valence-electron chi connectivity index (χ0n) is 21.6. The predicted octanol–water partition coefficient (Wildman–Crippen LogP) is 7.60. The number of phenolic OH excluding ortho intramolecular Hbond substituents is 1. The van der Waals surface area contributed by atoms with Crippen LogP contribution in [-0.4, -0.2) is 24.6 Å². The van der Waals surface area contributed by atoms with Gasteiger partial charge < -0.3 is 19.3 Å². The topological polar surface area (TPSA) is 47.9 Å². The third-order valence-corrected chi connectivity index (χ3v) is 4.44. The van der Waals surface area contributed by atoms with Gasteiger partial charge in [0.25, 0.3) is 0 Å². The molecule has 0 aliphatic heterocycles. The van der Waals surface area contributed by atoms with Gasteiger partial charge in [-0.3, -0.25) is 0 Å². The Hall–Kier alpha value is -2.46. The van der Waals surface area contributed by atoms with Gasteiger partial charge in [0.05, 0.1) is 12.9 Å². The maximum atomic E-state index is 9.02. The summed E-state index contributed by atoms with van der Waals surface area (Å²) in [7, 11) is 0. The van der Waals surface area contributed by atoms with Gasteiger partial charge in [-0.05, 0) is 67.0 Å². The molecule has 1 N–H and O–H groups in total. The van der Waals surface area contributed by atoms with E-state index in [0.29, 0.717) is 12.4 Å². The Morgan fingerprint density at radius 3 is 1.56 bits per heavy atom. The number of rotatable bonds is 6. The molecule has 0 aliphatic rings. The van der Waals surface area contributed by atoms with Crippen LogP contribution < -0.4 is 4.74 Å². The third-order valence-electron chi connectivity index (χ3n) is 4.44. The average molecular weight is 445 g/mol. The molecule has 0 fully saturated rings. The van der Waals surface area contributed by atoms with Gasteiger partial charge in [0.2, 0.25) is 0 Å². The van der Waals surface area contributed by atoms with Crippen LogP contribution in [0.5, 0.6) is 11.5 Å². The van der Waals surface area contributed by atoms with Crippen molar-refractivity contribution in [3.8, 4) is 11.5 Å². The molecule has 0 saturated heterocycles. The minimum absolute atomic E-state index is 0.174. The molecule has 0 amide bonds. The quantitative estimate of drug-likeness (QED) is 0.368. The van der Waals surface area contributed by atoms with Gasteiger partial charge in [0.15, 0.2) is 6.29 Å². The first kappa shape index (κ1) is 29.5. The van der Waals surface area contributed by atoms with E-state index in [2.05, 4.69) is 65.0 Å². The summed E-state index contributed by atoms with van der Waals surface area (Å²) >= 11 is 0. The minimum atomic E-state index is -0.189. The fraction of sp³-hybridized carbons (Fsp3) is 0.500. The molecular formula is C28H44O4. The largest absolute Gasteiger partial charge is 0.508 e. The normalized spacial score (nSPS) is 11.8. The van der Waals surface area contributed by atoms with Crippen LogP contribution in [0.4, 0.5) is 0 Å². The number of benzene rings is 2. The van der Waals surface area contributed by atoms with Crippen molar-refractivity contribution < 1.29 is 19.3 Å². The summed E-state index contributed by atoms with van der Waals surface area (Å²) in [4.78, 5) is 0. The standard InChI is InChI=1S/C14H22O2.C10H14O.C4H8O/c1-6-15-11(2)16-13-9-7-12(8-10-13)14(3,4)5;1-10(2,3)8-4-6-9(11)7-5-8;1-3-5-4-2/h7-11H,6H2,1-5H3;4-7,11H,1-3H3;3H,1,4H2,2H3. The van der Waals surface area contributed by atoms with E-state index in [1.807, 2.05) is 45.0 Å². The van der Waals surface area contributed by atoms with Crippen molar-refractivity contribution in [1.29, 1.82) is 0 Å². The molecule has 180 valence electrons. The maximum absolute atomic E-state index is 9.02. The van der Waals surface area contributed by atoms with E-state index in [1.165, 1.54) is 17.4 Å². The monoisotopic (exact) mass is 444 g/mol. The molecule has 0 bridgehead atoms. The lowest BCUT2D eigenvalue weighted by atomic mass is 9.87. The average Bonchev–Trinajstić information content (AvgIpc) is 2.69. The van der Waals surface area contributed by atoms with Gasteiger partial charge in [0.1, 0.15) is 11.5 Å². The number of hydrogen-bond acceptors (Lipinski definition) is 4. The molecule has 0 radical (unpaired) electrons. The number of aromatic hydroxyl groups is 1. The van der Waals surface area contributed by atoms with Gasteiger partial charge in [-0.25, -0.2) is 0 Å². The van der Waals surface area contributed by atoms with E-state index in [-0.39, 0.29) is 17.1 Å². The zero-order valence-corrected chi connectivity index (χ0v) is 21.6. The summed E-state index contributed by atoms with van der Waals surface area (Å²) in [6, 6.07) is 15.6. The number of phenols is 1. The van der Waals surface area contributed by atoms with Crippen LogP contribution >= 0.6 is 0 Å². The number of hydrogen-bond donors (Lipinski definition) is 1. The smallest absolute Gasteiger partial charge is 0.196 e. The van der Waals surface area contributed by atoms with E-state index in [0.717, 1.165) is 12.4 Å². The van der Waals surface area contributed by atoms with Gasteiger partial charge in [-0.15, -0.1) is 0 Å². The molecule has 1 atom stereocenters. The van der Waals surface area contributed by atoms with Gasteiger partial charge in [-0.1, -0.05) is 72.4 Å². The molecule has 2 rings (SSSR count). The van der Waals surface area contributed by atoms with Gasteiger partial charge >= 0.3 is 0 Å². The SMILES string of the molecule is C=COCC.CC(C)(C)c1ccc(O)cc1.CCOC(C)Oc1ccc(C(C)(C)C)cc1. The lowest BCUT2D eigenvalue weighted by molar-refractivity contribution is -0.0613. The second-order valence-electron chi connectivity index (χ2n) is 9.33. The van der Waals surface area contributed by atoms with E-state index in [4.69, 9.17) is 14.6 Å². The van der Waals surface area contributed by atoms with Gasteiger partial charge in [0, 0.05) is 6.61 Å². The van der Waals surface area contributed by atoms with Crippen molar-refractivity contribution >= 4 is 0 Å². The highest BCUT2D eigenvalue weighted by Crippen LogP contribution is 2.25. The van der Waals surface area contributed by atoms with Crippen molar-refractivity contribution in [2.24, 2.45) is 0 Å². The lowest BCUT2D eigenvalue weighted by Gasteiger charge is -2.20. The lowest BCUT2D eigenvalue weighted by Crippen LogP contribution is -2.16. The Morgan fingerprint density at radius 1 is 0.812 bits per heavy atom. The molecule has 2 aromatic carbocycles. The van der Waals surface area contributed by atoms with Crippen LogP contribution in [0.15, 0.2) is 61.4 Å². The molecule has 0 aromatic heterocycles. The number of ether oxygens (including phenoxy) is 3. The van der Waals surface area contributed by atoms with Crippen LogP contribution in [0.3, 0.4) is 0 Å². The van der Waals surface area contributed by atoms with Crippen molar-refractivity contribution in [3.63, 3.8) is 0 Å².